The highest BCUT2D eigenvalue weighted by molar-refractivity contribution is 5.96. The smallest absolute Gasteiger partial charge is 0.335 e. The van der Waals surface area contributed by atoms with Crippen LogP contribution in [0.5, 0.6) is 0 Å². The van der Waals surface area contributed by atoms with Gasteiger partial charge in [-0.25, -0.2) is 4.79 Å². The number of carboxylic acid groups (broad SMARTS) is 1. The molecule has 2 aromatic carbocycles. The second-order valence-corrected chi connectivity index (χ2v) is 10.1. The fourth-order valence-electron chi connectivity index (χ4n) is 5.04. The third kappa shape index (κ3) is 6.47. The van der Waals surface area contributed by atoms with Crippen molar-refractivity contribution in [1.29, 1.82) is 0 Å². The molecule has 1 aliphatic heterocycles. The summed E-state index contributed by atoms with van der Waals surface area (Å²) in [6.07, 6.45) is 5.52. The van der Waals surface area contributed by atoms with Crippen LogP contribution >= 0.6 is 0 Å². The Labute approximate surface area is 204 Å². The minimum absolute atomic E-state index is 0.0955. The van der Waals surface area contributed by atoms with Crippen LogP contribution in [0.4, 0.5) is 5.69 Å². The maximum atomic E-state index is 13.2. The van der Waals surface area contributed by atoms with Crippen LogP contribution in [0, 0.1) is 26.7 Å². The molecule has 2 aromatic rings. The maximum absolute atomic E-state index is 13.2. The summed E-state index contributed by atoms with van der Waals surface area (Å²) in [5.74, 6) is -0.959. The van der Waals surface area contributed by atoms with Crippen LogP contribution < -0.4 is 4.90 Å². The van der Waals surface area contributed by atoms with Crippen LogP contribution in [-0.2, 0) is 17.9 Å². The highest BCUT2D eigenvalue weighted by Gasteiger charge is 2.24. The number of carboxylic acids is 1. The van der Waals surface area contributed by atoms with E-state index in [0.717, 1.165) is 43.6 Å². The molecule has 0 bridgehead atoms. The molecular weight excluding hydrogens is 424 g/mol. The van der Waals surface area contributed by atoms with Gasteiger partial charge in [0.2, 0.25) is 5.91 Å². The molecule has 3 rings (SSSR count). The Kier molecular flexibility index (Phi) is 8.90. The number of rotatable bonds is 4. The number of nitrogens with zero attached hydrogens (tertiary/aromatic N) is 2. The van der Waals surface area contributed by atoms with E-state index in [1.807, 2.05) is 24.8 Å². The summed E-state index contributed by atoms with van der Waals surface area (Å²) in [5.41, 5.74) is 7.23. The van der Waals surface area contributed by atoms with Crippen LogP contribution in [0.2, 0.25) is 0 Å². The van der Waals surface area contributed by atoms with Crippen molar-refractivity contribution >= 4 is 17.6 Å². The number of anilines is 1. The van der Waals surface area contributed by atoms with Crippen molar-refractivity contribution < 1.29 is 14.7 Å². The van der Waals surface area contributed by atoms with Crippen LogP contribution in [0.25, 0.3) is 0 Å². The fraction of sp³-hybridized carbons (Fsp3) is 0.517. The monoisotopic (exact) mass is 464 g/mol. The second kappa shape index (κ2) is 11.7. The van der Waals surface area contributed by atoms with E-state index < -0.39 is 5.97 Å². The molecule has 1 heterocycles. The van der Waals surface area contributed by atoms with Gasteiger partial charge in [-0.15, -0.1) is 0 Å². The molecule has 0 aromatic heterocycles. The molecule has 0 saturated heterocycles. The molecule has 5 nitrogen and oxygen atoms in total. The van der Waals surface area contributed by atoms with E-state index in [1.165, 1.54) is 35.1 Å². The first-order valence-corrected chi connectivity index (χ1v) is 12.6. The van der Waals surface area contributed by atoms with E-state index in [2.05, 4.69) is 37.8 Å². The summed E-state index contributed by atoms with van der Waals surface area (Å²) in [6.45, 7) is 13.4. The van der Waals surface area contributed by atoms with Crippen molar-refractivity contribution in [2.75, 3.05) is 18.0 Å². The quantitative estimate of drug-likeness (QED) is 0.580. The number of aromatic carboxylic acids is 1. The zero-order valence-electron chi connectivity index (χ0n) is 21.5. The van der Waals surface area contributed by atoms with Crippen molar-refractivity contribution in [3.05, 3.63) is 63.7 Å². The number of aryl methyl sites for hydroxylation is 3. The van der Waals surface area contributed by atoms with Crippen molar-refractivity contribution in [2.24, 2.45) is 5.92 Å². The average Bonchev–Trinajstić information content (AvgIpc) is 2.76. The summed E-state index contributed by atoms with van der Waals surface area (Å²) >= 11 is 0. The summed E-state index contributed by atoms with van der Waals surface area (Å²) in [5, 5.41) is 9.66. The third-order valence-electron chi connectivity index (χ3n) is 6.85. The molecule has 0 atom stereocenters. The Balaban J connectivity index is 2.04. The number of hydrogen-bond acceptors (Lipinski definition) is 3. The van der Waals surface area contributed by atoms with E-state index in [1.54, 1.807) is 12.1 Å². The molecular formula is C29H40N2O3. The molecule has 1 aliphatic rings. The van der Waals surface area contributed by atoms with Gasteiger partial charge in [-0.05, 0) is 80.6 Å². The summed E-state index contributed by atoms with van der Waals surface area (Å²) in [7, 11) is 0. The predicted octanol–water partition coefficient (Wildman–Crippen LogP) is 6.27. The highest BCUT2D eigenvalue weighted by atomic mass is 16.4. The topological polar surface area (TPSA) is 60.9 Å². The van der Waals surface area contributed by atoms with Gasteiger partial charge in [-0.1, -0.05) is 50.8 Å². The summed E-state index contributed by atoms with van der Waals surface area (Å²) in [4.78, 5) is 29.3. The third-order valence-corrected chi connectivity index (χ3v) is 6.85. The Morgan fingerprint density at radius 2 is 1.53 bits per heavy atom. The van der Waals surface area contributed by atoms with Gasteiger partial charge >= 0.3 is 5.97 Å². The van der Waals surface area contributed by atoms with E-state index in [4.69, 9.17) is 0 Å². The molecule has 0 fully saturated rings. The Bertz CT molecular complexity index is 1010. The standard InChI is InChI=1S/C29H40N2O3/c1-20(2)28(32)31-14-10-8-6-7-9-13-30(19-26-22(4)15-21(3)16-23(26)5)18-25-17-24(29(33)34)11-12-27(25)31/h11-12,15-17,20H,6-10,13-14,18-19H2,1-5H3,(H,33,34). The van der Waals surface area contributed by atoms with E-state index in [9.17, 15) is 14.7 Å². The lowest BCUT2D eigenvalue weighted by Crippen LogP contribution is -2.37. The van der Waals surface area contributed by atoms with E-state index in [-0.39, 0.29) is 17.4 Å². The molecule has 0 unspecified atom stereocenters. The van der Waals surface area contributed by atoms with Crippen molar-refractivity contribution in [3.63, 3.8) is 0 Å². The SMILES string of the molecule is Cc1cc(C)c(CN2CCCCCCCN(C(=O)C(C)C)c3ccc(C(=O)O)cc3C2)c(C)c1. The van der Waals surface area contributed by atoms with Gasteiger partial charge in [-0.3, -0.25) is 9.69 Å². The molecule has 0 spiro atoms. The molecule has 184 valence electrons. The molecule has 1 N–H and O–H groups in total. The fourth-order valence-corrected chi connectivity index (χ4v) is 5.04. The Hall–Kier alpha value is -2.66. The average molecular weight is 465 g/mol. The van der Waals surface area contributed by atoms with Gasteiger partial charge in [0, 0.05) is 31.2 Å². The summed E-state index contributed by atoms with van der Waals surface area (Å²) < 4.78 is 0. The highest BCUT2D eigenvalue weighted by Crippen LogP contribution is 2.28. The number of amides is 1. The first-order chi connectivity index (χ1) is 16.2. The van der Waals surface area contributed by atoms with Gasteiger partial charge in [-0.2, -0.15) is 0 Å². The lowest BCUT2D eigenvalue weighted by Gasteiger charge is -2.31. The molecule has 34 heavy (non-hydrogen) atoms. The van der Waals surface area contributed by atoms with Gasteiger partial charge < -0.3 is 10.0 Å². The van der Waals surface area contributed by atoms with Crippen LogP contribution in [0.3, 0.4) is 0 Å². The largest absolute Gasteiger partial charge is 0.478 e. The first-order valence-electron chi connectivity index (χ1n) is 12.6. The molecule has 0 radical (unpaired) electrons. The van der Waals surface area contributed by atoms with Crippen LogP contribution in [0.15, 0.2) is 30.3 Å². The predicted molar refractivity (Wildman–Crippen MR) is 138 cm³/mol. The van der Waals surface area contributed by atoms with Crippen molar-refractivity contribution in [1.82, 2.24) is 4.90 Å². The minimum Gasteiger partial charge on any atom is -0.478 e. The van der Waals surface area contributed by atoms with Gasteiger partial charge in [0.15, 0.2) is 0 Å². The number of fused-ring (bicyclic) bond motifs is 1. The number of benzene rings is 2. The summed E-state index contributed by atoms with van der Waals surface area (Å²) in [6, 6.07) is 9.71. The molecule has 1 amide bonds. The minimum atomic E-state index is -0.938. The van der Waals surface area contributed by atoms with Gasteiger partial charge in [0.1, 0.15) is 0 Å². The number of carbonyl (C=O) groups excluding carboxylic acids is 1. The van der Waals surface area contributed by atoms with E-state index >= 15 is 0 Å². The zero-order chi connectivity index (χ0) is 24.8. The van der Waals surface area contributed by atoms with Gasteiger partial charge in [0.05, 0.1) is 5.56 Å². The normalized spacial score (nSPS) is 16.0. The number of hydrogen-bond donors (Lipinski definition) is 1. The second-order valence-electron chi connectivity index (χ2n) is 10.1. The molecule has 5 heteroatoms. The zero-order valence-corrected chi connectivity index (χ0v) is 21.5. The lowest BCUT2D eigenvalue weighted by atomic mass is 9.98. The first kappa shape index (κ1) is 26.0. The Morgan fingerprint density at radius 3 is 2.15 bits per heavy atom. The molecule has 0 saturated carbocycles. The Morgan fingerprint density at radius 1 is 0.912 bits per heavy atom. The molecule has 0 aliphatic carbocycles. The van der Waals surface area contributed by atoms with Crippen LogP contribution in [-0.4, -0.2) is 35.0 Å². The number of carbonyl (C=O) groups is 2. The van der Waals surface area contributed by atoms with Crippen molar-refractivity contribution in [3.8, 4) is 0 Å². The van der Waals surface area contributed by atoms with Crippen molar-refractivity contribution in [2.45, 2.75) is 79.8 Å². The lowest BCUT2D eigenvalue weighted by molar-refractivity contribution is -0.121. The maximum Gasteiger partial charge on any atom is 0.335 e. The van der Waals surface area contributed by atoms with Gasteiger partial charge in [0.25, 0.3) is 0 Å². The van der Waals surface area contributed by atoms with Crippen LogP contribution in [0.1, 0.15) is 84.1 Å². The van der Waals surface area contributed by atoms with E-state index in [0.29, 0.717) is 13.1 Å².